The number of ether oxygens (including phenoxy) is 2. The van der Waals surface area contributed by atoms with Gasteiger partial charge >= 0.3 is 5.97 Å². The number of allylic oxidation sites excluding steroid dienone is 1. The molecule has 2 N–H and O–H groups in total. The van der Waals surface area contributed by atoms with E-state index in [0.29, 0.717) is 36.1 Å². The van der Waals surface area contributed by atoms with E-state index >= 15 is 9.59 Å². The van der Waals surface area contributed by atoms with E-state index in [1.54, 1.807) is 17.1 Å². The summed E-state index contributed by atoms with van der Waals surface area (Å²) in [6, 6.07) is 29.7. The van der Waals surface area contributed by atoms with Gasteiger partial charge in [0, 0.05) is 18.7 Å². The van der Waals surface area contributed by atoms with Gasteiger partial charge < -0.3 is 29.7 Å². The second-order valence-electron chi connectivity index (χ2n) is 14.1. The number of esters is 1. The summed E-state index contributed by atoms with van der Waals surface area (Å²) in [5, 5.41) is 15.8. The van der Waals surface area contributed by atoms with Crippen LogP contribution in [0, 0.1) is 11.8 Å². The van der Waals surface area contributed by atoms with Crippen LogP contribution < -0.4 is 10.2 Å². The van der Waals surface area contributed by atoms with Crippen molar-refractivity contribution in [3.05, 3.63) is 140 Å². The van der Waals surface area contributed by atoms with Gasteiger partial charge in [0.05, 0.1) is 37.1 Å². The number of amides is 3. The first-order valence-corrected chi connectivity index (χ1v) is 18.5. The summed E-state index contributed by atoms with van der Waals surface area (Å²) >= 11 is 0. The Morgan fingerprint density at radius 1 is 0.944 bits per heavy atom. The van der Waals surface area contributed by atoms with Gasteiger partial charge in [0.2, 0.25) is 11.8 Å². The first-order chi connectivity index (χ1) is 26.3. The first-order valence-electron chi connectivity index (χ1n) is 18.5. The Labute approximate surface area is 315 Å². The molecule has 0 aliphatic carbocycles. The summed E-state index contributed by atoms with van der Waals surface area (Å²) in [6.07, 6.45) is 3.34. The Balaban J connectivity index is 1.26. The van der Waals surface area contributed by atoms with Crippen molar-refractivity contribution >= 4 is 40.2 Å². The van der Waals surface area contributed by atoms with Crippen LogP contribution >= 0.6 is 0 Å². The summed E-state index contributed by atoms with van der Waals surface area (Å²) < 4.78 is 12.9. The Morgan fingerprint density at radius 3 is 2.31 bits per heavy atom. The first kappa shape index (κ1) is 36.8. The molecule has 4 aromatic carbocycles. The summed E-state index contributed by atoms with van der Waals surface area (Å²) in [5.41, 5.74) is 0.590. The molecule has 7 atom stereocenters. The van der Waals surface area contributed by atoms with E-state index in [1.807, 2.05) is 103 Å². The number of nitrogens with zero attached hydrogens (tertiary/aromatic N) is 2. The van der Waals surface area contributed by atoms with Gasteiger partial charge in [-0.25, -0.2) is 0 Å². The Morgan fingerprint density at radius 2 is 1.63 bits per heavy atom. The lowest BCUT2D eigenvalue weighted by molar-refractivity contribution is -0.161. The molecule has 10 nitrogen and oxygen atoms in total. The quantitative estimate of drug-likeness (QED) is 0.117. The van der Waals surface area contributed by atoms with Crippen LogP contribution in [-0.4, -0.2) is 71.1 Å². The minimum Gasteiger partial charge on any atom is -0.455 e. The fourth-order valence-electron chi connectivity index (χ4n) is 8.59. The number of anilines is 1. The zero-order chi connectivity index (χ0) is 37.8. The number of carbonyl (C=O) groups is 4. The molecule has 3 amide bonds. The second-order valence-corrected chi connectivity index (χ2v) is 14.1. The molecular weight excluding hydrogens is 682 g/mol. The molecule has 3 fully saturated rings. The third-order valence-corrected chi connectivity index (χ3v) is 11.0. The highest BCUT2D eigenvalue weighted by molar-refractivity contribution is 6.05. The molecule has 0 radical (unpaired) electrons. The molecule has 1 spiro atoms. The van der Waals surface area contributed by atoms with E-state index < -0.39 is 66.1 Å². The maximum absolute atomic E-state index is 15.2. The number of likely N-dealkylation sites (tertiary alicyclic amines) is 1. The topological polar surface area (TPSA) is 125 Å². The van der Waals surface area contributed by atoms with Gasteiger partial charge in [0.1, 0.15) is 17.7 Å². The number of carbonyl (C=O) groups excluding carboxylic acids is 4. The highest BCUT2D eigenvalue weighted by Gasteiger charge is 2.76. The maximum Gasteiger partial charge on any atom is 0.313 e. The molecule has 10 heteroatoms. The molecule has 4 aromatic rings. The van der Waals surface area contributed by atoms with E-state index in [2.05, 4.69) is 18.5 Å². The van der Waals surface area contributed by atoms with E-state index in [1.165, 1.54) is 4.90 Å². The van der Waals surface area contributed by atoms with Crippen LogP contribution in [-0.2, 0) is 28.7 Å². The minimum atomic E-state index is -1.36. The molecular formula is C44H45N3O7. The molecule has 3 heterocycles. The van der Waals surface area contributed by atoms with Gasteiger partial charge in [-0.05, 0) is 53.3 Å². The fraction of sp³-hybridized carbons (Fsp3) is 0.318. The van der Waals surface area contributed by atoms with Crippen LogP contribution in [0.15, 0.2) is 128 Å². The van der Waals surface area contributed by atoms with Crippen molar-refractivity contribution in [2.24, 2.45) is 11.8 Å². The van der Waals surface area contributed by atoms with E-state index in [-0.39, 0.29) is 25.4 Å². The zero-order valence-electron chi connectivity index (χ0n) is 30.1. The molecule has 3 aliphatic heterocycles. The molecule has 54 heavy (non-hydrogen) atoms. The minimum absolute atomic E-state index is 0.0316. The molecule has 0 unspecified atom stereocenters. The van der Waals surface area contributed by atoms with E-state index in [4.69, 9.17) is 9.47 Å². The van der Waals surface area contributed by atoms with Gasteiger partial charge in [-0.3, -0.25) is 19.2 Å². The fourth-order valence-corrected chi connectivity index (χ4v) is 8.59. The van der Waals surface area contributed by atoms with Gasteiger partial charge in [0.15, 0.2) is 0 Å². The Kier molecular flexibility index (Phi) is 10.8. The lowest BCUT2D eigenvalue weighted by atomic mass is 9.70. The molecule has 278 valence electrons. The molecule has 0 saturated carbocycles. The van der Waals surface area contributed by atoms with Crippen molar-refractivity contribution in [2.75, 3.05) is 24.6 Å². The van der Waals surface area contributed by atoms with Crippen LogP contribution in [0.1, 0.15) is 49.0 Å². The van der Waals surface area contributed by atoms with Crippen molar-refractivity contribution in [2.45, 2.75) is 55.6 Å². The number of hydrogen-bond acceptors (Lipinski definition) is 7. The standard InChI is InChI=1S/C44H45N3O7/c1-3-5-20-37(49)45-27-36(31-17-10-7-11-18-31)53-43(52)38-35-23-24-44(54-35)39(38)41(50)47(34(28-48)30-15-8-6-9-16-30)40(44)42(51)46(25-4-2)33-22-21-29-14-12-13-19-32(29)26-33/h3-4,6-19,21-22,26,34-36,38-40,48H,1-2,5,20,23-25,27-28H2,(H,45,49)/t34-,35-,36-,38+,39+,40-,44+/m1/s1. The number of hydrogen-bond donors (Lipinski definition) is 2. The van der Waals surface area contributed by atoms with E-state index in [9.17, 15) is 14.7 Å². The average molecular weight is 728 g/mol. The van der Waals surface area contributed by atoms with Crippen molar-refractivity contribution in [1.82, 2.24) is 10.2 Å². The zero-order valence-corrected chi connectivity index (χ0v) is 30.1. The molecule has 2 bridgehead atoms. The maximum atomic E-state index is 15.2. The largest absolute Gasteiger partial charge is 0.455 e. The van der Waals surface area contributed by atoms with Crippen molar-refractivity contribution in [1.29, 1.82) is 0 Å². The van der Waals surface area contributed by atoms with E-state index in [0.717, 1.165) is 10.8 Å². The van der Waals surface area contributed by atoms with Crippen LogP contribution in [0.25, 0.3) is 10.8 Å². The Bertz CT molecular complexity index is 2040. The predicted octanol–water partition coefficient (Wildman–Crippen LogP) is 5.83. The summed E-state index contributed by atoms with van der Waals surface area (Å²) in [7, 11) is 0. The highest BCUT2D eigenvalue weighted by atomic mass is 16.6. The summed E-state index contributed by atoms with van der Waals surface area (Å²) in [5.74, 6) is -3.75. The number of aliphatic hydroxyl groups excluding tert-OH is 1. The molecule has 3 saturated heterocycles. The summed E-state index contributed by atoms with van der Waals surface area (Å²) in [6.45, 7) is 7.33. The number of aliphatic hydroxyl groups is 1. The lowest BCUT2D eigenvalue weighted by Gasteiger charge is -2.39. The van der Waals surface area contributed by atoms with Crippen LogP contribution in [0.2, 0.25) is 0 Å². The smallest absolute Gasteiger partial charge is 0.313 e. The third kappa shape index (κ3) is 6.71. The number of benzene rings is 4. The number of nitrogens with one attached hydrogen (secondary N) is 1. The molecule has 0 aromatic heterocycles. The Hall–Kier alpha value is -5.58. The highest BCUT2D eigenvalue weighted by Crippen LogP contribution is 2.60. The summed E-state index contributed by atoms with van der Waals surface area (Å²) in [4.78, 5) is 60.3. The average Bonchev–Trinajstić information content (AvgIpc) is 3.85. The van der Waals surface area contributed by atoms with Crippen molar-refractivity contribution in [3.8, 4) is 0 Å². The third-order valence-electron chi connectivity index (χ3n) is 11.0. The molecule has 3 aliphatic rings. The molecule has 7 rings (SSSR count). The van der Waals surface area contributed by atoms with Crippen LogP contribution in [0.3, 0.4) is 0 Å². The van der Waals surface area contributed by atoms with Crippen molar-refractivity contribution < 1.29 is 33.8 Å². The SMILES string of the molecule is C=CCCC(=O)NC[C@@H](OC(=O)[C@@H]1[C@H]2C(=O)N([C@H](CO)c3ccccc3)[C@H](C(=O)N(CC=C)c3ccc4ccccc4c3)[C@]23CC[C@H]1O3)c1ccccc1. The monoisotopic (exact) mass is 727 g/mol. The van der Waals surface area contributed by atoms with Crippen LogP contribution in [0.4, 0.5) is 5.69 Å². The van der Waals surface area contributed by atoms with Crippen LogP contribution in [0.5, 0.6) is 0 Å². The normalized spacial score (nSPS) is 23.7. The lowest BCUT2D eigenvalue weighted by Crippen LogP contribution is -2.57. The van der Waals surface area contributed by atoms with Crippen molar-refractivity contribution in [3.63, 3.8) is 0 Å². The second kappa shape index (κ2) is 15.8. The van der Waals surface area contributed by atoms with Gasteiger partial charge in [0.25, 0.3) is 5.91 Å². The van der Waals surface area contributed by atoms with Gasteiger partial charge in [-0.1, -0.05) is 103 Å². The van der Waals surface area contributed by atoms with Gasteiger partial charge in [-0.15, -0.1) is 13.2 Å². The predicted molar refractivity (Wildman–Crippen MR) is 205 cm³/mol. The number of rotatable bonds is 15. The number of fused-ring (bicyclic) bond motifs is 2. The van der Waals surface area contributed by atoms with Gasteiger partial charge in [-0.2, -0.15) is 0 Å².